The van der Waals surface area contributed by atoms with E-state index in [9.17, 15) is 9.90 Å². The van der Waals surface area contributed by atoms with Crippen molar-refractivity contribution in [1.82, 2.24) is 9.55 Å². The fourth-order valence-corrected chi connectivity index (χ4v) is 4.35. The summed E-state index contributed by atoms with van der Waals surface area (Å²) in [6, 6.07) is 18.6. The molecule has 0 bridgehead atoms. The van der Waals surface area contributed by atoms with E-state index in [0.29, 0.717) is 6.54 Å². The number of carboxylic acids is 1. The molecule has 3 aromatic carbocycles. The second-order valence-electron chi connectivity index (χ2n) is 8.35. The van der Waals surface area contributed by atoms with Crippen LogP contribution in [0.1, 0.15) is 38.9 Å². The highest BCUT2D eigenvalue weighted by Gasteiger charge is 2.16. The quantitative estimate of drug-likeness (QED) is 0.394. The lowest BCUT2D eigenvalue weighted by Crippen LogP contribution is -2.02. The fraction of sp³-hybridized carbons (Fsp3) is 0.143. The van der Waals surface area contributed by atoms with E-state index in [0.717, 1.165) is 44.4 Å². The van der Waals surface area contributed by atoms with Gasteiger partial charge in [0.2, 0.25) is 0 Å². The van der Waals surface area contributed by atoms with Crippen molar-refractivity contribution in [1.29, 1.82) is 0 Å². The number of aromatic nitrogens is 2. The number of nitrogens with zero attached hydrogens (tertiary/aromatic N) is 2. The van der Waals surface area contributed by atoms with Crippen molar-refractivity contribution in [2.75, 3.05) is 0 Å². The number of benzene rings is 3. The molecule has 0 unspecified atom stereocenters. The van der Waals surface area contributed by atoms with Gasteiger partial charge in [0, 0.05) is 6.54 Å². The molecule has 5 rings (SSSR count). The van der Waals surface area contributed by atoms with Crippen LogP contribution in [0.25, 0.3) is 28.8 Å². The zero-order chi connectivity index (χ0) is 22.2. The van der Waals surface area contributed by atoms with Gasteiger partial charge in [0.05, 0.1) is 23.8 Å². The maximum atomic E-state index is 11.3. The number of hydrogen-bond donors (Lipinski definition) is 1. The second-order valence-corrected chi connectivity index (χ2v) is 8.35. The number of carboxylic acid groups (broad SMARTS) is 1. The Morgan fingerprint density at radius 2 is 1.72 bits per heavy atom. The Morgan fingerprint density at radius 3 is 2.53 bits per heavy atom. The number of fused-ring (bicyclic) bond motifs is 3. The summed E-state index contributed by atoms with van der Waals surface area (Å²) in [6.45, 7) is 4.90. The summed E-state index contributed by atoms with van der Waals surface area (Å²) in [6.07, 6.45) is 8.37. The number of rotatable bonds is 4. The van der Waals surface area contributed by atoms with Gasteiger partial charge >= 0.3 is 5.97 Å². The van der Waals surface area contributed by atoms with Gasteiger partial charge in [-0.3, -0.25) is 4.79 Å². The van der Waals surface area contributed by atoms with Gasteiger partial charge < -0.3 is 9.67 Å². The number of imidazole rings is 1. The van der Waals surface area contributed by atoms with Crippen molar-refractivity contribution < 1.29 is 9.90 Å². The van der Waals surface area contributed by atoms with Gasteiger partial charge in [0.15, 0.2) is 0 Å². The van der Waals surface area contributed by atoms with Gasteiger partial charge in [-0.15, -0.1) is 0 Å². The number of aryl methyl sites for hydroxylation is 2. The first kappa shape index (κ1) is 20.0. The lowest BCUT2D eigenvalue weighted by molar-refractivity contribution is -0.136. The molecule has 1 aliphatic rings. The van der Waals surface area contributed by atoms with Crippen molar-refractivity contribution in [3.05, 3.63) is 106 Å². The highest BCUT2D eigenvalue weighted by molar-refractivity contribution is 5.94. The van der Waals surface area contributed by atoms with Crippen molar-refractivity contribution in [3.8, 4) is 0 Å². The summed E-state index contributed by atoms with van der Waals surface area (Å²) in [7, 11) is 0. The van der Waals surface area contributed by atoms with Crippen LogP contribution in [0.15, 0.2) is 67.0 Å². The minimum absolute atomic E-state index is 0.0106. The van der Waals surface area contributed by atoms with Crippen LogP contribution in [-0.2, 0) is 17.8 Å². The molecule has 0 aliphatic heterocycles. The number of allylic oxidation sites excluding steroid dienone is 1. The second kappa shape index (κ2) is 7.97. The summed E-state index contributed by atoms with van der Waals surface area (Å²) < 4.78 is 2.16. The van der Waals surface area contributed by atoms with Gasteiger partial charge in [0.1, 0.15) is 0 Å². The largest absolute Gasteiger partial charge is 0.481 e. The molecule has 4 nitrogen and oxygen atoms in total. The summed E-state index contributed by atoms with van der Waals surface area (Å²) >= 11 is 0. The normalized spacial score (nSPS) is 13.8. The van der Waals surface area contributed by atoms with E-state index >= 15 is 0 Å². The molecule has 1 aromatic heterocycles. The third-order valence-electron chi connectivity index (χ3n) is 6.19. The van der Waals surface area contributed by atoms with E-state index in [1.165, 1.54) is 11.1 Å². The predicted octanol–water partition coefficient (Wildman–Crippen LogP) is 5.90. The van der Waals surface area contributed by atoms with E-state index in [1.54, 1.807) is 0 Å². The summed E-state index contributed by atoms with van der Waals surface area (Å²) in [5.41, 5.74) is 11.0. The van der Waals surface area contributed by atoms with Crippen LogP contribution in [0.4, 0.5) is 0 Å². The minimum Gasteiger partial charge on any atom is -0.481 e. The molecule has 0 saturated heterocycles. The molecule has 0 saturated carbocycles. The highest BCUT2D eigenvalue weighted by atomic mass is 16.4. The monoisotopic (exact) mass is 420 g/mol. The Balaban J connectivity index is 1.64. The topological polar surface area (TPSA) is 55.1 Å². The highest BCUT2D eigenvalue weighted by Crippen LogP contribution is 2.34. The van der Waals surface area contributed by atoms with Crippen LogP contribution in [0, 0.1) is 13.8 Å². The first-order valence-electron chi connectivity index (χ1n) is 10.7. The van der Waals surface area contributed by atoms with Gasteiger partial charge in [-0.05, 0) is 76.6 Å². The van der Waals surface area contributed by atoms with Crippen LogP contribution < -0.4 is 0 Å². The smallest absolute Gasteiger partial charge is 0.307 e. The van der Waals surface area contributed by atoms with Crippen LogP contribution in [0.5, 0.6) is 0 Å². The van der Waals surface area contributed by atoms with Crippen molar-refractivity contribution in [3.63, 3.8) is 0 Å². The Bertz CT molecular complexity index is 1420. The third kappa shape index (κ3) is 3.65. The molecule has 0 atom stereocenters. The van der Waals surface area contributed by atoms with Crippen LogP contribution in [-0.4, -0.2) is 20.6 Å². The zero-order valence-corrected chi connectivity index (χ0v) is 18.2. The van der Waals surface area contributed by atoms with Crippen LogP contribution >= 0.6 is 0 Å². The molecule has 32 heavy (non-hydrogen) atoms. The number of hydrogen-bond acceptors (Lipinski definition) is 2. The van der Waals surface area contributed by atoms with E-state index < -0.39 is 5.97 Å². The van der Waals surface area contributed by atoms with Crippen molar-refractivity contribution >= 4 is 34.7 Å². The average molecular weight is 421 g/mol. The van der Waals surface area contributed by atoms with Crippen molar-refractivity contribution in [2.24, 2.45) is 0 Å². The van der Waals surface area contributed by atoms with E-state index in [-0.39, 0.29) is 6.42 Å². The molecule has 4 aromatic rings. The Kier molecular flexibility index (Phi) is 4.98. The molecule has 1 N–H and O–H groups in total. The van der Waals surface area contributed by atoms with Crippen molar-refractivity contribution in [2.45, 2.75) is 26.8 Å². The van der Waals surface area contributed by atoms with Gasteiger partial charge in [0.25, 0.3) is 0 Å². The first-order valence-corrected chi connectivity index (χ1v) is 10.7. The summed E-state index contributed by atoms with van der Waals surface area (Å²) in [5.74, 6) is -0.824. The fourth-order valence-electron chi connectivity index (χ4n) is 4.35. The van der Waals surface area contributed by atoms with Crippen LogP contribution in [0.2, 0.25) is 0 Å². The lowest BCUT2D eigenvalue weighted by atomic mass is 9.91. The molecular weight excluding hydrogens is 396 g/mol. The minimum atomic E-state index is -0.824. The average Bonchev–Trinajstić information content (AvgIpc) is 3.07. The van der Waals surface area contributed by atoms with E-state index in [2.05, 4.69) is 65.9 Å². The number of aliphatic carboxylic acids is 1. The Morgan fingerprint density at radius 1 is 0.969 bits per heavy atom. The number of carbonyl (C=O) groups is 1. The maximum Gasteiger partial charge on any atom is 0.307 e. The summed E-state index contributed by atoms with van der Waals surface area (Å²) in [4.78, 5) is 15.9. The Hall–Kier alpha value is -3.92. The molecule has 1 heterocycles. The third-order valence-corrected chi connectivity index (χ3v) is 6.19. The van der Waals surface area contributed by atoms with Gasteiger partial charge in [-0.25, -0.2) is 4.98 Å². The Labute approximate surface area is 187 Å². The molecule has 1 aliphatic carbocycles. The molecule has 158 valence electrons. The molecule has 0 radical (unpaired) electrons. The standard InChI is InChI=1S/C28H24N2O2/c1-18-13-26-27(14-19(18)2)30(17-29-26)12-11-24-23-6-4-3-5-21(23)9-10-22-8-7-20(15-25(22)24)16-28(31)32/h3-11,13-15,17H,12,16H2,1-2H3,(H,31,32)/b24-11-. The van der Waals surface area contributed by atoms with Gasteiger partial charge in [-0.1, -0.05) is 54.6 Å². The lowest BCUT2D eigenvalue weighted by Gasteiger charge is -2.14. The van der Waals surface area contributed by atoms with E-state index in [1.807, 2.05) is 36.7 Å². The summed E-state index contributed by atoms with van der Waals surface area (Å²) in [5, 5.41) is 9.28. The SMILES string of the molecule is Cc1cc2ncn(C/C=C3/c4ccccc4C=Cc4ccc(CC(=O)O)cc43)c2cc1C. The predicted molar refractivity (Wildman–Crippen MR) is 129 cm³/mol. The molecule has 0 fully saturated rings. The molecule has 4 heteroatoms. The van der Waals surface area contributed by atoms with E-state index in [4.69, 9.17) is 0 Å². The zero-order valence-electron chi connectivity index (χ0n) is 18.2. The molecule has 0 amide bonds. The maximum absolute atomic E-state index is 11.3. The van der Waals surface area contributed by atoms with Gasteiger partial charge in [-0.2, -0.15) is 0 Å². The van der Waals surface area contributed by atoms with Crippen LogP contribution in [0.3, 0.4) is 0 Å². The molecular formula is C28H24N2O2. The molecule has 0 spiro atoms. The first-order chi connectivity index (χ1) is 15.5.